The maximum Gasteiger partial charge on any atom is 0.490 e. The fourth-order valence-electron chi connectivity index (χ4n) is 3.36. The first-order chi connectivity index (χ1) is 17.7. The lowest BCUT2D eigenvalue weighted by atomic mass is 10.0. The standard InChI is InChI=1S/C23H25ClN6O.C2HF3O2/c1-23(2,3)30-22(31)28-19-10-9-17-12-15(19)8-7-14-5-4-6-16(11-14)27-21-25-13-18(24)20(26-17)29-21;3-2(4,5)1(6)7/h4-6,9-13H,7-8H2,1-3H3,(H2,28,30,31)(H2,25,26,27,29);(H,6,7). The van der Waals surface area contributed by atoms with Crippen LogP contribution in [0.5, 0.6) is 0 Å². The third kappa shape index (κ3) is 8.51. The number of aliphatic carboxylic acids is 1. The molecule has 0 aliphatic carbocycles. The number of aryl methyl sites for hydroxylation is 2. The molecule has 1 aliphatic rings. The van der Waals surface area contributed by atoms with Crippen molar-refractivity contribution in [2.75, 3.05) is 16.0 Å². The minimum absolute atomic E-state index is 0.234. The molecule has 38 heavy (non-hydrogen) atoms. The van der Waals surface area contributed by atoms with E-state index in [1.807, 2.05) is 51.1 Å². The van der Waals surface area contributed by atoms with Crippen molar-refractivity contribution < 1.29 is 27.9 Å². The van der Waals surface area contributed by atoms with Crippen LogP contribution < -0.4 is 21.3 Å². The van der Waals surface area contributed by atoms with Crippen molar-refractivity contribution in [3.63, 3.8) is 0 Å². The van der Waals surface area contributed by atoms with Crippen molar-refractivity contribution in [1.29, 1.82) is 0 Å². The van der Waals surface area contributed by atoms with Gasteiger partial charge >= 0.3 is 18.2 Å². The van der Waals surface area contributed by atoms with E-state index in [4.69, 9.17) is 21.5 Å². The van der Waals surface area contributed by atoms with Gasteiger partial charge in [-0.3, -0.25) is 0 Å². The van der Waals surface area contributed by atoms with Crippen molar-refractivity contribution in [2.45, 2.75) is 45.3 Å². The first-order valence-corrected chi connectivity index (χ1v) is 11.7. The molecule has 0 saturated heterocycles. The number of carboxylic acid groups (broad SMARTS) is 1. The molecule has 2 heterocycles. The van der Waals surface area contributed by atoms with E-state index in [2.05, 4.69) is 43.4 Å². The highest BCUT2D eigenvalue weighted by Crippen LogP contribution is 2.29. The van der Waals surface area contributed by atoms with Crippen LogP contribution in [0.1, 0.15) is 31.9 Å². The number of rotatable bonds is 1. The number of aromatic nitrogens is 2. The molecule has 5 N–H and O–H groups in total. The number of fused-ring (bicyclic) bond motifs is 6. The predicted octanol–water partition coefficient (Wildman–Crippen LogP) is 6.27. The van der Waals surface area contributed by atoms with Gasteiger partial charge in [-0.1, -0.05) is 23.7 Å². The van der Waals surface area contributed by atoms with E-state index in [0.29, 0.717) is 16.8 Å². The van der Waals surface area contributed by atoms with E-state index >= 15 is 0 Å². The second-order valence-electron chi connectivity index (χ2n) is 9.34. The zero-order chi connectivity index (χ0) is 28.1. The number of amides is 2. The van der Waals surface area contributed by atoms with Crippen LogP contribution in [0, 0.1) is 0 Å². The smallest absolute Gasteiger partial charge is 0.475 e. The number of nitrogens with zero attached hydrogens (tertiary/aromatic N) is 2. The van der Waals surface area contributed by atoms with Gasteiger partial charge in [0, 0.05) is 22.6 Å². The average Bonchev–Trinajstić information content (AvgIpc) is 2.80. The van der Waals surface area contributed by atoms with Gasteiger partial charge in [-0.15, -0.1) is 0 Å². The van der Waals surface area contributed by atoms with Gasteiger partial charge in [0.2, 0.25) is 5.95 Å². The first-order valence-electron chi connectivity index (χ1n) is 11.4. The number of hydrogen-bond donors (Lipinski definition) is 5. The van der Waals surface area contributed by atoms with Gasteiger partial charge in [0.15, 0.2) is 5.82 Å². The number of urea groups is 1. The van der Waals surface area contributed by atoms with Crippen LogP contribution in [0.15, 0.2) is 48.7 Å². The minimum Gasteiger partial charge on any atom is -0.475 e. The van der Waals surface area contributed by atoms with Gasteiger partial charge in [0.25, 0.3) is 0 Å². The lowest BCUT2D eigenvalue weighted by Gasteiger charge is -2.22. The summed E-state index contributed by atoms with van der Waals surface area (Å²) in [5.41, 5.74) is 4.36. The fraction of sp³-hybridized carbons (Fsp3) is 0.280. The summed E-state index contributed by atoms with van der Waals surface area (Å²) >= 11 is 6.31. The van der Waals surface area contributed by atoms with Crippen LogP contribution in [0.2, 0.25) is 5.02 Å². The molecule has 13 heteroatoms. The predicted molar refractivity (Wildman–Crippen MR) is 139 cm³/mol. The highest BCUT2D eigenvalue weighted by atomic mass is 35.5. The molecular weight excluding hydrogens is 525 g/mol. The summed E-state index contributed by atoms with van der Waals surface area (Å²) in [6, 6.07) is 13.7. The Morgan fingerprint density at radius 3 is 2.37 bits per heavy atom. The Morgan fingerprint density at radius 2 is 1.71 bits per heavy atom. The average molecular weight is 551 g/mol. The molecule has 0 unspecified atom stereocenters. The molecule has 1 aromatic heterocycles. The van der Waals surface area contributed by atoms with Crippen molar-refractivity contribution >= 4 is 52.4 Å². The molecule has 4 rings (SSSR count). The van der Waals surface area contributed by atoms with Gasteiger partial charge in [-0.25, -0.2) is 14.6 Å². The van der Waals surface area contributed by atoms with Gasteiger partial charge < -0.3 is 26.4 Å². The monoisotopic (exact) mass is 550 g/mol. The Morgan fingerprint density at radius 1 is 1.03 bits per heavy atom. The maximum atomic E-state index is 12.4. The number of carboxylic acids is 1. The summed E-state index contributed by atoms with van der Waals surface area (Å²) < 4.78 is 31.7. The second-order valence-corrected chi connectivity index (χ2v) is 9.75. The molecule has 202 valence electrons. The largest absolute Gasteiger partial charge is 0.490 e. The van der Waals surface area contributed by atoms with Crippen LogP contribution in [-0.4, -0.2) is 38.8 Å². The first kappa shape index (κ1) is 28.5. The van der Waals surface area contributed by atoms with Gasteiger partial charge in [0.05, 0.1) is 6.20 Å². The summed E-state index contributed by atoms with van der Waals surface area (Å²) in [4.78, 5) is 30.1. The third-order valence-electron chi connectivity index (χ3n) is 4.96. The van der Waals surface area contributed by atoms with E-state index in [-0.39, 0.29) is 11.6 Å². The summed E-state index contributed by atoms with van der Waals surface area (Å²) in [6.07, 6.45) is -1.95. The molecule has 6 bridgehead atoms. The molecule has 0 radical (unpaired) electrons. The molecule has 0 atom stereocenters. The lowest BCUT2D eigenvalue weighted by Crippen LogP contribution is -2.43. The molecular formula is C25H26ClF3N6O3. The van der Waals surface area contributed by atoms with Crippen LogP contribution in [0.3, 0.4) is 0 Å². The van der Waals surface area contributed by atoms with Crippen molar-refractivity contribution in [1.82, 2.24) is 15.3 Å². The molecule has 2 amide bonds. The number of alkyl halides is 3. The highest BCUT2D eigenvalue weighted by Gasteiger charge is 2.38. The summed E-state index contributed by atoms with van der Waals surface area (Å²) in [6.45, 7) is 5.84. The number of carbonyl (C=O) groups excluding carboxylic acids is 1. The molecule has 0 fully saturated rings. The Kier molecular flexibility index (Phi) is 8.67. The number of benzene rings is 2. The van der Waals surface area contributed by atoms with Crippen LogP contribution in [0.25, 0.3) is 0 Å². The number of hydrogen-bond acceptors (Lipinski definition) is 6. The third-order valence-corrected chi connectivity index (χ3v) is 5.23. The molecule has 3 aromatic rings. The summed E-state index contributed by atoms with van der Waals surface area (Å²) in [5, 5.41) is 20.0. The number of nitrogens with one attached hydrogen (secondary N) is 4. The summed E-state index contributed by atoms with van der Waals surface area (Å²) in [5.74, 6) is -1.79. The summed E-state index contributed by atoms with van der Waals surface area (Å²) in [7, 11) is 0. The van der Waals surface area contributed by atoms with Crippen LogP contribution in [-0.2, 0) is 17.6 Å². The van der Waals surface area contributed by atoms with Crippen molar-refractivity contribution in [2.24, 2.45) is 0 Å². The van der Waals surface area contributed by atoms with E-state index in [1.165, 1.54) is 5.56 Å². The fourth-order valence-corrected chi connectivity index (χ4v) is 3.50. The lowest BCUT2D eigenvalue weighted by molar-refractivity contribution is -0.192. The van der Waals surface area contributed by atoms with Gasteiger partial charge in [-0.05, 0) is 75.1 Å². The zero-order valence-corrected chi connectivity index (χ0v) is 21.5. The quantitative estimate of drug-likeness (QED) is 0.241. The highest BCUT2D eigenvalue weighted by molar-refractivity contribution is 6.32. The van der Waals surface area contributed by atoms with E-state index < -0.39 is 12.1 Å². The van der Waals surface area contributed by atoms with Gasteiger partial charge in [0.1, 0.15) is 5.02 Å². The van der Waals surface area contributed by atoms with E-state index in [1.54, 1.807) is 6.20 Å². The van der Waals surface area contributed by atoms with E-state index in [9.17, 15) is 18.0 Å². The molecule has 2 aromatic carbocycles. The normalized spacial score (nSPS) is 12.6. The topological polar surface area (TPSA) is 128 Å². The van der Waals surface area contributed by atoms with Crippen LogP contribution >= 0.6 is 11.6 Å². The van der Waals surface area contributed by atoms with Crippen molar-refractivity contribution in [3.8, 4) is 0 Å². The zero-order valence-electron chi connectivity index (χ0n) is 20.7. The molecule has 0 spiro atoms. The number of carbonyl (C=O) groups is 2. The van der Waals surface area contributed by atoms with Crippen molar-refractivity contribution in [3.05, 3.63) is 64.8 Å². The van der Waals surface area contributed by atoms with Crippen LogP contribution in [0.4, 0.5) is 46.8 Å². The Balaban J connectivity index is 0.000000505. The Hall–Kier alpha value is -4.06. The molecule has 0 saturated carbocycles. The maximum absolute atomic E-state index is 12.4. The molecule has 9 nitrogen and oxygen atoms in total. The molecule has 1 aliphatic heterocycles. The SMILES string of the molecule is CC(C)(C)NC(=O)Nc1ccc2cc1CCc1cccc(c1)Nc1ncc(Cl)c(n1)N2.O=C(O)C(F)(F)F. The second kappa shape index (κ2) is 11.5. The van der Waals surface area contributed by atoms with Gasteiger partial charge in [-0.2, -0.15) is 18.2 Å². The number of halogens is 4. The Bertz CT molecular complexity index is 1330. The Labute approximate surface area is 221 Å². The van der Waals surface area contributed by atoms with E-state index in [0.717, 1.165) is 35.5 Å². The minimum atomic E-state index is -5.08. The number of anilines is 5.